The molecule has 5 nitrogen and oxygen atoms in total. The molecule has 96 valence electrons. The van der Waals surface area contributed by atoms with E-state index in [0.717, 1.165) is 11.3 Å². The highest BCUT2D eigenvalue weighted by Gasteiger charge is 2.30. The van der Waals surface area contributed by atoms with Crippen molar-refractivity contribution in [3.8, 4) is 11.5 Å². The van der Waals surface area contributed by atoms with Crippen molar-refractivity contribution < 1.29 is 4.52 Å². The highest BCUT2D eigenvalue weighted by molar-refractivity contribution is 5.48. The number of benzene rings is 1. The molecule has 19 heavy (non-hydrogen) atoms. The molecule has 1 aromatic carbocycles. The highest BCUT2D eigenvalue weighted by atomic mass is 16.5. The van der Waals surface area contributed by atoms with Gasteiger partial charge in [-0.1, -0.05) is 35.5 Å². The van der Waals surface area contributed by atoms with Crippen LogP contribution in [0.2, 0.25) is 0 Å². The van der Waals surface area contributed by atoms with E-state index in [0.29, 0.717) is 11.7 Å². The normalized spacial score (nSPS) is 14.2. The van der Waals surface area contributed by atoms with Crippen molar-refractivity contribution in [2.24, 2.45) is 5.73 Å². The lowest BCUT2D eigenvalue weighted by molar-refractivity contribution is 0.325. The topological polar surface area (TPSA) is 80.7 Å². The molecule has 0 amide bonds. The summed E-state index contributed by atoms with van der Waals surface area (Å²) >= 11 is 0. The Morgan fingerprint density at radius 1 is 1.16 bits per heavy atom. The highest BCUT2D eigenvalue weighted by Crippen LogP contribution is 2.26. The molecule has 1 atom stereocenters. The Kier molecular flexibility index (Phi) is 2.68. The number of nitrogens with one attached hydrogen (secondary N) is 1. The molecule has 0 aliphatic carbocycles. The average Bonchev–Trinajstić information content (AvgIpc) is 3.10. The molecule has 0 bridgehead atoms. The van der Waals surface area contributed by atoms with Crippen LogP contribution in [0.3, 0.4) is 0 Å². The van der Waals surface area contributed by atoms with Gasteiger partial charge in [0, 0.05) is 6.20 Å². The van der Waals surface area contributed by atoms with Crippen molar-refractivity contribution in [3.05, 3.63) is 60.1 Å². The first-order valence-electron chi connectivity index (χ1n) is 6.00. The third kappa shape index (κ3) is 2.04. The fourth-order valence-electron chi connectivity index (χ4n) is 1.92. The molecule has 0 aliphatic heterocycles. The summed E-state index contributed by atoms with van der Waals surface area (Å²) in [6.45, 7) is 1.86. The molecular weight excluding hydrogens is 240 g/mol. The zero-order chi connectivity index (χ0) is 13.3. The lowest BCUT2D eigenvalue weighted by atomic mass is 9.93. The number of rotatable bonds is 3. The predicted octanol–water partition coefficient (Wildman–Crippen LogP) is 2.29. The lowest BCUT2D eigenvalue weighted by Crippen LogP contribution is -2.34. The Labute approximate surface area is 110 Å². The summed E-state index contributed by atoms with van der Waals surface area (Å²) in [5.41, 5.74) is 7.25. The van der Waals surface area contributed by atoms with Gasteiger partial charge in [-0.05, 0) is 24.6 Å². The van der Waals surface area contributed by atoms with Crippen LogP contribution in [0.5, 0.6) is 0 Å². The second-order valence-corrected chi connectivity index (χ2v) is 4.58. The first-order valence-corrected chi connectivity index (χ1v) is 6.00. The van der Waals surface area contributed by atoms with Gasteiger partial charge >= 0.3 is 0 Å². The van der Waals surface area contributed by atoms with E-state index in [1.165, 1.54) is 0 Å². The molecule has 3 N–H and O–H groups in total. The minimum absolute atomic E-state index is 0.392. The molecule has 0 saturated heterocycles. The molecule has 3 aromatic rings. The number of hydrogen-bond acceptors (Lipinski definition) is 4. The minimum Gasteiger partial charge on any atom is -0.359 e. The van der Waals surface area contributed by atoms with Crippen molar-refractivity contribution >= 4 is 0 Å². The summed E-state index contributed by atoms with van der Waals surface area (Å²) in [7, 11) is 0. The van der Waals surface area contributed by atoms with Crippen molar-refractivity contribution in [1.82, 2.24) is 15.1 Å². The van der Waals surface area contributed by atoms with Crippen LogP contribution in [0, 0.1) is 0 Å². The Bertz CT molecular complexity index is 656. The first-order chi connectivity index (χ1) is 9.18. The van der Waals surface area contributed by atoms with E-state index < -0.39 is 5.54 Å². The van der Waals surface area contributed by atoms with Gasteiger partial charge in [-0.15, -0.1) is 0 Å². The van der Waals surface area contributed by atoms with E-state index in [4.69, 9.17) is 10.3 Å². The van der Waals surface area contributed by atoms with E-state index >= 15 is 0 Å². The molecular formula is C14H14N4O. The monoisotopic (exact) mass is 254 g/mol. The van der Waals surface area contributed by atoms with Gasteiger partial charge in [-0.2, -0.15) is 4.98 Å². The van der Waals surface area contributed by atoms with Gasteiger partial charge in [-0.25, -0.2) is 0 Å². The molecule has 0 fully saturated rings. The molecule has 3 rings (SSSR count). The Balaban J connectivity index is 1.99. The van der Waals surface area contributed by atoms with Crippen LogP contribution in [0.25, 0.3) is 11.5 Å². The van der Waals surface area contributed by atoms with Crippen molar-refractivity contribution in [1.29, 1.82) is 0 Å². The fraction of sp³-hybridized carbons (Fsp3) is 0.143. The number of aromatic amines is 1. The maximum absolute atomic E-state index is 6.32. The zero-order valence-corrected chi connectivity index (χ0v) is 10.5. The second kappa shape index (κ2) is 4.37. The Morgan fingerprint density at radius 2 is 1.95 bits per heavy atom. The van der Waals surface area contributed by atoms with Crippen LogP contribution < -0.4 is 5.73 Å². The summed E-state index contributed by atoms with van der Waals surface area (Å²) in [5, 5.41) is 3.95. The standard InChI is InChI=1S/C14H14N4O/c1-14(15,10-6-3-2-4-7-10)13-17-12(18-19-13)11-8-5-9-16-11/h2-9,16H,15H2,1H3. The fourth-order valence-corrected chi connectivity index (χ4v) is 1.92. The number of H-pyrrole nitrogens is 1. The predicted molar refractivity (Wildman–Crippen MR) is 71.2 cm³/mol. The maximum Gasteiger partial charge on any atom is 0.251 e. The van der Waals surface area contributed by atoms with Crippen LogP contribution in [0.4, 0.5) is 0 Å². The summed E-state index contributed by atoms with van der Waals surface area (Å²) in [6, 6.07) is 13.5. The Hall–Kier alpha value is -2.40. The number of hydrogen-bond donors (Lipinski definition) is 2. The summed E-state index contributed by atoms with van der Waals surface area (Å²) < 4.78 is 5.30. The second-order valence-electron chi connectivity index (χ2n) is 4.58. The SMILES string of the molecule is CC(N)(c1ccccc1)c1nc(-c2ccc[nH]2)no1. The van der Waals surface area contributed by atoms with E-state index in [9.17, 15) is 0 Å². The zero-order valence-electron chi connectivity index (χ0n) is 10.5. The van der Waals surface area contributed by atoms with Crippen LogP contribution in [-0.4, -0.2) is 15.1 Å². The van der Waals surface area contributed by atoms with Gasteiger partial charge in [0.25, 0.3) is 5.89 Å². The van der Waals surface area contributed by atoms with Crippen LogP contribution in [-0.2, 0) is 5.54 Å². The van der Waals surface area contributed by atoms with Gasteiger partial charge in [0.1, 0.15) is 5.54 Å². The molecule has 2 aromatic heterocycles. The smallest absolute Gasteiger partial charge is 0.251 e. The quantitative estimate of drug-likeness (QED) is 0.751. The lowest BCUT2D eigenvalue weighted by Gasteiger charge is -2.19. The molecule has 0 spiro atoms. The average molecular weight is 254 g/mol. The van der Waals surface area contributed by atoms with Gasteiger partial charge in [0.2, 0.25) is 5.82 Å². The number of aromatic nitrogens is 3. The summed E-state index contributed by atoms with van der Waals surface area (Å²) in [4.78, 5) is 7.40. The Morgan fingerprint density at radius 3 is 2.63 bits per heavy atom. The van der Waals surface area contributed by atoms with Crippen LogP contribution in [0.15, 0.2) is 53.2 Å². The van der Waals surface area contributed by atoms with Gasteiger partial charge in [-0.3, -0.25) is 0 Å². The van der Waals surface area contributed by atoms with E-state index in [1.807, 2.05) is 55.6 Å². The first kappa shape index (κ1) is 11.7. The number of nitrogens with zero attached hydrogens (tertiary/aromatic N) is 2. The van der Waals surface area contributed by atoms with E-state index in [2.05, 4.69) is 15.1 Å². The molecule has 0 aliphatic rings. The number of nitrogens with two attached hydrogens (primary N) is 1. The van der Waals surface area contributed by atoms with E-state index in [-0.39, 0.29) is 0 Å². The van der Waals surface area contributed by atoms with Crippen LogP contribution >= 0.6 is 0 Å². The third-order valence-corrected chi connectivity index (χ3v) is 3.08. The van der Waals surface area contributed by atoms with Gasteiger partial charge < -0.3 is 15.2 Å². The minimum atomic E-state index is -0.806. The van der Waals surface area contributed by atoms with E-state index in [1.54, 1.807) is 0 Å². The largest absolute Gasteiger partial charge is 0.359 e. The molecule has 2 heterocycles. The summed E-state index contributed by atoms with van der Waals surface area (Å²) in [6.07, 6.45) is 1.81. The molecule has 0 saturated carbocycles. The van der Waals surface area contributed by atoms with Crippen molar-refractivity contribution in [3.63, 3.8) is 0 Å². The molecule has 1 unspecified atom stereocenters. The van der Waals surface area contributed by atoms with Crippen molar-refractivity contribution in [2.75, 3.05) is 0 Å². The molecule has 0 radical (unpaired) electrons. The van der Waals surface area contributed by atoms with Crippen molar-refractivity contribution in [2.45, 2.75) is 12.5 Å². The van der Waals surface area contributed by atoms with Gasteiger partial charge in [0.05, 0.1) is 5.69 Å². The summed E-state index contributed by atoms with van der Waals surface area (Å²) in [5.74, 6) is 0.899. The maximum atomic E-state index is 6.32. The molecule has 5 heteroatoms. The van der Waals surface area contributed by atoms with Gasteiger partial charge in [0.15, 0.2) is 0 Å². The van der Waals surface area contributed by atoms with Crippen LogP contribution in [0.1, 0.15) is 18.4 Å². The third-order valence-electron chi connectivity index (χ3n) is 3.08.